The molecule has 0 aromatic carbocycles. The molecule has 0 aliphatic carbocycles. The Balaban J connectivity index is 2.82. The monoisotopic (exact) mass is 165 g/mol. The van der Waals surface area contributed by atoms with Gasteiger partial charge in [0.2, 0.25) is 0 Å². The summed E-state index contributed by atoms with van der Waals surface area (Å²) in [6, 6.07) is 0.0426. The van der Waals surface area contributed by atoms with Crippen LogP contribution in [-0.4, -0.2) is 16.0 Å². The van der Waals surface area contributed by atoms with Crippen molar-refractivity contribution < 1.29 is 0 Å². The lowest BCUT2D eigenvalue weighted by Crippen LogP contribution is -2.20. The average Bonchev–Trinajstić information content (AvgIpc) is 2.09. The topological polar surface area (TPSA) is 57.8 Å². The normalized spacial score (nSPS) is 12.1. The molecule has 64 valence electrons. The summed E-state index contributed by atoms with van der Waals surface area (Å²) >= 11 is 0. The third-order valence-electron chi connectivity index (χ3n) is 1.43. The fourth-order valence-corrected chi connectivity index (χ4v) is 0.729. The molecule has 12 heavy (non-hydrogen) atoms. The minimum absolute atomic E-state index is 0.0426. The number of hydrogen-bond donors (Lipinski definition) is 2. The smallest absolute Gasteiger partial charge is 0.290 e. The zero-order valence-corrected chi connectivity index (χ0v) is 6.87. The SMILES string of the molecule is C=CC(C)Nc1ncc[nH]c1=O. The first-order chi connectivity index (χ1) is 5.74. The lowest BCUT2D eigenvalue weighted by Gasteiger charge is -2.07. The number of aromatic amines is 1. The summed E-state index contributed by atoms with van der Waals surface area (Å²) in [7, 11) is 0. The van der Waals surface area contributed by atoms with Crippen molar-refractivity contribution in [2.24, 2.45) is 0 Å². The van der Waals surface area contributed by atoms with Crippen molar-refractivity contribution >= 4 is 5.82 Å². The highest BCUT2D eigenvalue weighted by molar-refractivity contribution is 5.32. The fourth-order valence-electron chi connectivity index (χ4n) is 0.729. The van der Waals surface area contributed by atoms with Gasteiger partial charge in [0.25, 0.3) is 5.56 Å². The Kier molecular flexibility index (Phi) is 2.63. The molecule has 1 rings (SSSR count). The summed E-state index contributed by atoms with van der Waals surface area (Å²) < 4.78 is 0. The van der Waals surface area contributed by atoms with E-state index in [2.05, 4.69) is 21.9 Å². The lowest BCUT2D eigenvalue weighted by atomic mass is 10.3. The van der Waals surface area contributed by atoms with Crippen molar-refractivity contribution in [3.63, 3.8) is 0 Å². The highest BCUT2D eigenvalue weighted by Gasteiger charge is 2.00. The molecular weight excluding hydrogens is 154 g/mol. The molecule has 0 bridgehead atoms. The molecule has 1 heterocycles. The fraction of sp³-hybridized carbons (Fsp3) is 0.250. The summed E-state index contributed by atoms with van der Waals surface area (Å²) in [4.78, 5) is 17.4. The molecule has 0 saturated carbocycles. The molecule has 0 spiro atoms. The maximum absolute atomic E-state index is 11.1. The molecule has 0 radical (unpaired) electrons. The van der Waals surface area contributed by atoms with Crippen LogP contribution in [0.4, 0.5) is 5.82 Å². The zero-order chi connectivity index (χ0) is 8.97. The third-order valence-corrected chi connectivity index (χ3v) is 1.43. The van der Waals surface area contributed by atoms with Crippen LogP contribution in [-0.2, 0) is 0 Å². The molecule has 1 unspecified atom stereocenters. The van der Waals surface area contributed by atoms with Crippen LogP contribution in [0.3, 0.4) is 0 Å². The molecule has 4 heteroatoms. The van der Waals surface area contributed by atoms with Crippen LogP contribution in [0.25, 0.3) is 0 Å². The minimum atomic E-state index is -0.216. The number of rotatable bonds is 3. The summed E-state index contributed by atoms with van der Waals surface area (Å²) in [5, 5.41) is 2.89. The predicted molar refractivity (Wildman–Crippen MR) is 48.1 cm³/mol. The maximum Gasteiger partial charge on any atom is 0.290 e. The van der Waals surface area contributed by atoms with E-state index in [4.69, 9.17) is 0 Å². The zero-order valence-electron chi connectivity index (χ0n) is 6.87. The van der Waals surface area contributed by atoms with Gasteiger partial charge in [0.15, 0.2) is 5.82 Å². The van der Waals surface area contributed by atoms with Gasteiger partial charge >= 0.3 is 0 Å². The Morgan fingerprint density at radius 3 is 3.17 bits per heavy atom. The predicted octanol–water partition coefficient (Wildman–Crippen LogP) is 0.756. The molecule has 1 aromatic heterocycles. The Bertz CT molecular complexity index is 318. The highest BCUT2D eigenvalue weighted by atomic mass is 16.1. The van der Waals surface area contributed by atoms with E-state index in [1.807, 2.05) is 6.92 Å². The van der Waals surface area contributed by atoms with Gasteiger partial charge in [0.1, 0.15) is 0 Å². The second kappa shape index (κ2) is 3.71. The average molecular weight is 165 g/mol. The van der Waals surface area contributed by atoms with Gasteiger partial charge in [-0.05, 0) is 6.92 Å². The molecule has 0 aliphatic heterocycles. The van der Waals surface area contributed by atoms with E-state index in [1.54, 1.807) is 6.08 Å². The minimum Gasteiger partial charge on any atom is -0.360 e. The molecule has 0 aliphatic rings. The van der Waals surface area contributed by atoms with Crippen molar-refractivity contribution in [1.82, 2.24) is 9.97 Å². The van der Waals surface area contributed by atoms with E-state index in [9.17, 15) is 4.79 Å². The van der Waals surface area contributed by atoms with Gasteiger partial charge in [-0.25, -0.2) is 4.98 Å². The van der Waals surface area contributed by atoms with Crippen molar-refractivity contribution in [3.8, 4) is 0 Å². The molecule has 1 aromatic rings. The number of nitrogens with one attached hydrogen (secondary N) is 2. The Morgan fingerprint density at radius 1 is 1.83 bits per heavy atom. The van der Waals surface area contributed by atoms with Crippen molar-refractivity contribution in [3.05, 3.63) is 35.4 Å². The van der Waals surface area contributed by atoms with Gasteiger partial charge in [-0.2, -0.15) is 0 Å². The maximum atomic E-state index is 11.1. The van der Waals surface area contributed by atoms with Crippen molar-refractivity contribution in [2.45, 2.75) is 13.0 Å². The van der Waals surface area contributed by atoms with E-state index in [0.29, 0.717) is 5.82 Å². The number of H-pyrrole nitrogens is 1. The van der Waals surface area contributed by atoms with Crippen LogP contribution < -0.4 is 10.9 Å². The first kappa shape index (κ1) is 8.52. The Labute approximate surface area is 70.4 Å². The van der Waals surface area contributed by atoms with Gasteiger partial charge in [0.05, 0.1) is 0 Å². The second-order valence-electron chi connectivity index (χ2n) is 2.44. The van der Waals surface area contributed by atoms with Crippen LogP contribution in [0.2, 0.25) is 0 Å². The molecule has 0 saturated heterocycles. The number of nitrogens with zero attached hydrogens (tertiary/aromatic N) is 1. The van der Waals surface area contributed by atoms with E-state index in [0.717, 1.165) is 0 Å². The first-order valence-electron chi connectivity index (χ1n) is 3.67. The summed E-state index contributed by atoms with van der Waals surface area (Å²) in [5.41, 5.74) is -0.216. The van der Waals surface area contributed by atoms with Gasteiger partial charge in [0, 0.05) is 18.4 Å². The van der Waals surface area contributed by atoms with Crippen molar-refractivity contribution in [2.75, 3.05) is 5.32 Å². The number of aromatic nitrogens is 2. The summed E-state index contributed by atoms with van der Waals surface area (Å²) in [5.74, 6) is 0.324. The van der Waals surface area contributed by atoms with Crippen LogP contribution in [0.1, 0.15) is 6.92 Å². The van der Waals surface area contributed by atoms with Crippen LogP contribution in [0, 0.1) is 0 Å². The van der Waals surface area contributed by atoms with Crippen LogP contribution in [0.15, 0.2) is 29.8 Å². The molecule has 1 atom stereocenters. The Morgan fingerprint density at radius 2 is 2.58 bits per heavy atom. The quantitative estimate of drug-likeness (QED) is 0.650. The van der Waals surface area contributed by atoms with E-state index in [-0.39, 0.29) is 11.6 Å². The summed E-state index contributed by atoms with van der Waals surface area (Å²) in [6.45, 7) is 5.47. The van der Waals surface area contributed by atoms with Gasteiger partial charge in [-0.15, -0.1) is 6.58 Å². The largest absolute Gasteiger partial charge is 0.360 e. The van der Waals surface area contributed by atoms with Gasteiger partial charge in [-0.1, -0.05) is 6.08 Å². The number of hydrogen-bond acceptors (Lipinski definition) is 3. The number of anilines is 1. The van der Waals surface area contributed by atoms with Gasteiger partial charge in [-0.3, -0.25) is 4.79 Å². The van der Waals surface area contributed by atoms with Gasteiger partial charge < -0.3 is 10.3 Å². The summed E-state index contributed by atoms with van der Waals surface area (Å²) in [6.07, 6.45) is 4.72. The van der Waals surface area contributed by atoms with Crippen LogP contribution >= 0.6 is 0 Å². The third kappa shape index (κ3) is 1.95. The molecule has 2 N–H and O–H groups in total. The molecule has 0 fully saturated rings. The molecular formula is C8H11N3O. The van der Waals surface area contributed by atoms with Crippen LogP contribution in [0.5, 0.6) is 0 Å². The molecule has 0 amide bonds. The standard InChI is InChI=1S/C8H11N3O/c1-3-6(2)11-7-8(12)10-5-4-9-7/h3-6H,1H2,2H3,(H,9,11)(H,10,12). The van der Waals surface area contributed by atoms with Crippen molar-refractivity contribution in [1.29, 1.82) is 0 Å². The van der Waals surface area contributed by atoms with E-state index in [1.165, 1.54) is 12.4 Å². The highest BCUT2D eigenvalue weighted by Crippen LogP contribution is 1.94. The second-order valence-corrected chi connectivity index (χ2v) is 2.44. The van der Waals surface area contributed by atoms with E-state index >= 15 is 0 Å². The first-order valence-corrected chi connectivity index (χ1v) is 3.67. The lowest BCUT2D eigenvalue weighted by molar-refractivity contribution is 0.965. The Hall–Kier alpha value is -1.58. The van der Waals surface area contributed by atoms with E-state index < -0.39 is 0 Å². The molecule has 4 nitrogen and oxygen atoms in total.